The van der Waals surface area contributed by atoms with Gasteiger partial charge in [-0.25, -0.2) is 9.59 Å². The molecule has 48 heavy (non-hydrogen) atoms. The summed E-state index contributed by atoms with van der Waals surface area (Å²) >= 11 is 0. The Balaban J connectivity index is 1.47. The topological polar surface area (TPSA) is 135 Å². The minimum absolute atomic E-state index is 0.102. The molecule has 0 radical (unpaired) electrons. The molecule has 12 heteroatoms. The van der Waals surface area contributed by atoms with E-state index in [1.165, 1.54) is 7.11 Å². The first-order chi connectivity index (χ1) is 23.0. The van der Waals surface area contributed by atoms with E-state index in [0.29, 0.717) is 56.1 Å². The van der Waals surface area contributed by atoms with E-state index in [-0.39, 0.29) is 31.3 Å². The molecule has 0 aliphatic rings. The summed E-state index contributed by atoms with van der Waals surface area (Å²) in [6.45, 7) is 4.02. The molecular weight excluding hydrogens is 612 g/mol. The van der Waals surface area contributed by atoms with E-state index in [1.807, 2.05) is 68.6 Å². The zero-order valence-corrected chi connectivity index (χ0v) is 28.6. The van der Waals surface area contributed by atoms with Crippen LogP contribution >= 0.6 is 0 Å². The summed E-state index contributed by atoms with van der Waals surface area (Å²) < 4.78 is 5.48. The van der Waals surface area contributed by atoms with Gasteiger partial charge in [0.05, 0.1) is 25.6 Å². The number of ether oxygens (including phenoxy) is 1. The van der Waals surface area contributed by atoms with Gasteiger partial charge >= 0.3 is 18.0 Å². The van der Waals surface area contributed by atoms with Crippen LogP contribution in [0, 0.1) is 6.92 Å². The van der Waals surface area contributed by atoms with Gasteiger partial charge in [-0.05, 0) is 61.2 Å². The van der Waals surface area contributed by atoms with Gasteiger partial charge in [0.1, 0.15) is 5.75 Å². The average molecular weight is 661 g/mol. The summed E-state index contributed by atoms with van der Waals surface area (Å²) in [6.07, 6.45) is 1.24. The second-order valence-electron chi connectivity index (χ2n) is 11.7. The zero-order valence-electron chi connectivity index (χ0n) is 28.6. The lowest BCUT2D eigenvalue weighted by Gasteiger charge is -2.29. The maximum Gasteiger partial charge on any atom is 0.323 e. The van der Waals surface area contributed by atoms with Gasteiger partial charge in [-0.3, -0.25) is 9.59 Å². The first-order valence-corrected chi connectivity index (χ1v) is 16.0. The molecule has 0 unspecified atom stereocenters. The SMILES string of the molecule is COc1cc(CC(=O)N(C)CCCN(C)C(=O)N(CCCN(C)c2ccccc2)CCC(=O)O)ccc1NC(=O)Nc1ccccc1C. The van der Waals surface area contributed by atoms with Crippen LogP contribution in [0.2, 0.25) is 0 Å². The van der Waals surface area contributed by atoms with Gasteiger partial charge in [-0.2, -0.15) is 0 Å². The number of likely N-dealkylation sites (N-methyl/N-ethyl adjacent to an activating group) is 1. The van der Waals surface area contributed by atoms with E-state index < -0.39 is 12.0 Å². The van der Waals surface area contributed by atoms with Crippen LogP contribution in [-0.4, -0.2) is 105 Å². The van der Waals surface area contributed by atoms with E-state index in [1.54, 1.807) is 47.0 Å². The lowest BCUT2D eigenvalue weighted by molar-refractivity contribution is -0.137. The molecule has 12 nitrogen and oxygen atoms in total. The van der Waals surface area contributed by atoms with E-state index in [2.05, 4.69) is 15.5 Å². The number of carbonyl (C=O) groups excluding carboxylic acids is 3. The molecule has 0 saturated carbocycles. The number of carbonyl (C=O) groups is 4. The Morgan fingerprint density at radius 2 is 1.40 bits per heavy atom. The standard InChI is InChI=1S/C36H48N6O6/c1-27-13-9-10-16-30(27)37-35(46)38-31-18-17-28(25-32(31)48-5)26-33(43)40(3)21-11-22-41(4)36(47)42(24-19-34(44)45)23-12-20-39(2)29-14-7-6-8-15-29/h6-10,13-18,25H,11-12,19-24,26H2,1-5H3,(H,44,45)(H2,37,38,46). The minimum atomic E-state index is -0.954. The van der Waals surface area contributed by atoms with E-state index in [0.717, 1.165) is 16.8 Å². The first-order valence-electron chi connectivity index (χ1n) is 16.0. The summed E-state index contributed by atoms with van der Waals surface area (Å²) in [5.41, 5.74) is 3.91. The summed E-state index contributed by atoms with van der Waals surface area (Å²) in [5.74, 6) is -0.624. The van der Waals surface area contributed by atoms with Crippen molar-refractivity contribution in [2.45, 2.75) is 32.6 Å². The number of hydrogen-bond donors (Lipinski definition) is 3. The Bertz CT molecular complexity index is 1520. The highest BCUT2D eigenvalue weighted by atomic mass is 16.5. The van der Waals surface area contributed by atoms with Gasteiger partial charge in [0.15, 0.2) is 0 Å². The van der Waals surface area contributed by atoms with E-state index >= 15 is 0 Å². The number of amides is 5. The van der Waals surface area contributed by atoms with Gasteiger partial charge in [-0.1, -0.05) is 42.5 Å². The van der Waals surface area contributed by atoms with Gasteiger partial charge in [0, 0.05) is 65.2 Å². The van der Waals surface area contributed by atoms with Crippen LogP contribution in [0.4, 0.5) is 26.7 Å². The molecule has 3 rings (SSSR count). The molecule has 0 spiro atoms. The third-order valence-corrected chi connectivity index (χ3v) is 7.99. The second-order valence-corrected chi connectivity index (χ2v) is 11.7. The summed E-state index contributed by atoms with van der Waals surface area (Å²) in [4.78, 5) is 56.9. The van der Waals surface area contributed by atoms with Gasteiger partial charge in [-0.15, -0.1) is 0 Å². The van der Waals surface area contributed by atoms with E-state index in [4.69, 9.17) is 4.74 Å². The van der Waals surface area contributed by atoms with Gasteiger partial charge in [0.25, 0.3) is 0 Å². The number of aliphatic carboxylic acids is 1. The highest BCUT2D eigenvalue weighted by molar-refractivity contribution is 6.01. The van der Waals surface area contributed by atoms with Crippen LogP contribution in [0.25, 0.3) is 0 Å². The predicted molar refractivity (Wildman–Crippen MR) is 189 cm³/mol. The number of nitrogens with one attached hydrogen (secondary N) is 2. The largest absolute Gasteiger partial charge is 0.495 e. The lowest BCUT2D eigenvalue weighted by atomic mass is 10.1. The molecule has 3 N–H and O–H groups in total. The van der Waals surface area contributed by atoms with Crippen molar-refractivity contribution in [2.75, 3.05) is 76.5 Å². The van der Waals surface area contributed by atoms with Gasteiger partial charge in [0.2, 0.25) is 5.91 Å². The number of anilines is 3. The monoisotopic (exact) mass is 660 g/mol. The number of benzene rings is 3. The van der Waals surface area contributed by atoms with Crippen LogP contribution < -0.4 is 20.3 Å². The van der Waals surface area contributed by atoms with Crippen molar-refractivity contribution in [2.24, 2.45) is 0 Å². The quantitative estimate of drug-likeness (QED) is 0.177. The molecule has 258 valence electrons. The highest BCUT2D eigenvalue weighted by Crippen LogP contribution is 2.26. The fraction of sp³-hybridized carbons (Fsp3) is 0.389. The van der Waals surface area contributed by atoms with Crippen molar-refractivity contribution in [1.82, 2.24) is 14.7 Å². The predicted octanol–water partition coefficient (Wildman–Crippen LogP) is 5.39. The number of hydrogen-bond acceptors (Lipinski definition) is 6. The fourth-order valence-electron chi connectivity index (χ4n) is 5.10. The third kappa shape index (κ3) is 11.8. The summed E-state index contributed by atoms with van der Waals surface area (Å²) in [5, 5.41) is 14.8. The van der Waals surface area contributed by atoms with Crippen molar-refractivity contribution >= 4 is 41.0 Å². The summed E-state index contributed by atoms with van der Waals surface area (Å²) in [6, 6.07) is 22.0. The highest BCUT2D eigenvalue weighted by Gasteiger charge is 2.20. The molecule has 0 fully saturated rings. The maximum absolute atomic E-state index is 13.2. The first kappa shape index (κ1) is 37.2. The Morgan fingerprint density at radius 3 is 2.08 bits per heavy atom. The molecule has 0 aliphatic carbocycles. The number of methoxy groups -OCH3 is 1. The number of carboxylic acids is 1. The maximum atomic E-state index is 13.2. The smallest absolute Gasteiger partial charge is 0.323 e. The Kier molecular flexibility index (Phi) is 14.6. The van der Waals surface area contributed by atoms with Crippen molar-refractivity contribution in [3.8, 4) is 5.75 Å². The molecule has 0 aromatic heterocycles. The van der Waals surface area contributed by atoms with Crippen LogP contribution in [-0.2, 0) is 16.0 Å². The number of aryl methyl sites for hydroxylation is 1. The zero-order chi connectivity index (χ0) is 35.1. The van der Waals surface area contributed by atoms with Crippen molar-refractivity contribution in [1.29, 1.82) is 0 Å². The van der Waals surface area contributed by atoms with Gasteiger partial charge < -0.3 is 40.1 Å². The Labute approximate surface area is 283 Å². The Morgan fingerprint density at radius 1 is 0.750 bits per heavy atom. The van der Waals surface area contributed by atoms with Crippen molar-refractivity contribution < 1.29 is 29.0 Å². The second kappa shape index (κ2) is 18.8. The molecule has 0 saturated heterocycles. The number of urea groups is 2. The molecule has 0 heterocycles. The molecule has 0 atom stereocenters. The van der Waals surface area contributed by atoms with E-state index in [9.17, 15) is 24.3 Å². The third-order valence-electron chi connectivity index (χ3n) is 7.99. The van der Waals surface area contributed by atoms with Crippen LogP contribution in [0.5, 0.6) is 5.75 Å². The molecule has 5 amide bonds. The molecular formula is C36H48N6O6. The number of rotatable bonds is 17. The molecule has 0 aliphatic heterocycles. The van der Waals surface area contributed by atoms with Crippen molar-refractivity contribution in [3.63, 3.8) is 0 Å². The molecule has 0 bridgehead atoms. The normalized spacial score (nSPS) is 10.5. The number of carboxylic acid groups (broad SMARTS) is 1. The molecule has 3 aromatic rings. The minimum Gasteiger partial charge on any atom is -0.495 e. The Hall–Kier alpha value is -5.26. The number of nitrogens with zero attached hydrogens (tertiary/aromatic N) is 4. The van der Waals surface area contributed by atoms with Crippen LogP contribution in [0.15, 0.2) is 72.8 Å². The van der Waals surface area contributed by atoms with Crippen LogP contribution in [0.3, 0.4) is 0 Å². The molecule has 3 aromatic carbocycles. The fourth-order valence-corrected chi connectivity index (χ4v) is 5.10. The summed E-state index contributed by atoms with van der Waals surface area (Å²) in [7, 11) is 6.90. The average Bonchev–Trinajstić information content (AvgIpc) is 3.07. The lowest BCUT2D eigenvalue weighted by Crippen LogP contribution is -2.44. The van der Waals surface area contributed by atoms with Crippen molar-refractivity contribution in [3.05, 3.63) is 83.9 Å². The van der Waals surface area contributed by atoms with Crippen LogP contribution in [0.1, 0.15) is 30.4 Å². The number of para-hydroxylation sites is 2.